The third-order valence-corrected chi connectivity index (χ3v) is 7.91. The fraction of sp³-hybridized carbons (Fsp3) is 0. The van der Waals surface area contributed by atoms with E-state index in [4.69, 9.17) is 11.6 Å². The fourth-order valence-electron chi connectivity index (χ4n) is 2.57. The molecule has 124 valence electrons. The monoisotopic (exact) mass is 510 g/mol. The van der Waals surface area contributed by atoms with E-state index in [0.29, 0.717) is 16.1 Å². The molecule has 0 atom stereocenters. The highest BCUT2D eigenvalue weighted by Gasteiger charge is 2.26. The summed E-state index contributed by atoms with van der Waals surface area (Å²) in [5.74, 6) is -0.0764. The van der Waals surface area contributed by atoms with Crippen molar-refractivity contribution in [1.29, 1.82) is 0 Å². The zero-order chi connectivity index (χ0) is 17.6. The van der Waals surface area contributed by atoms with Crippen molar-refractivity contribution < 1.29 is 4.79 Å². The summed E-state index contributed by atoms with van der Waals surface area (Å²) in [6.45, 7) is 0. The number of fused-ring (bicyclic) bond motifs is 2. The highest BCUT2D eigenvalue weighted by atomic mass is 79.9. The van der Waals surface area contributed by atoms with Crippen molar-refractivity contribution >= 4 is 72.8 Å². The molecule has 1 aliphatic heterocycles. The molecule has 3 aromatic carbocycles. The van der Waals surface area contributed by atoms with E-state index in [0.717, 1.165) is 23.6 Å². The molecule has 0 bridgehead atoms. The summed E-state index contributed by atoms with van der Waals surface area (Å²) in [4.78, 5) is 17.2. The molecule has 3 aromatic rings. The molecule has 0 aliphatic carbocycles. The van der Waals surface area contributed by atoms with Gasteiger partial charge in [0.05, 0.1) is 10.6 Å². The lowest BCUT2D eigenvalue weighted by atomic mass is 10.0. The van der Waals surface area contributed by atoms with Crippen molar-refractivity contribution in [2.75, 3.05) is 0 Å². The van der Waals surface area contributed by atoms with Crippen LogP contribution in [0.15, 0.2) is 83.1 Å². The molecule has 1 nitrogen and oxygen atoms in total. The smallest absolute Gasteiger partial charge is 0.195 e. The standard InChI is InChI=1S/C19H9Br2ClOS2/c20-11-6-7-13-14(8-11)24-15-9-12(21)16(17(22)19(15)25-13)18(23)10-4-2-1-3-5-10/h1-9H. The molecule has 0 saturated carbocycles. The van der Waals surface area contributed by atoms with Gasteiger partial charge in [0.1, 0.15) is 0 Å². The van der Waals surface area contributed by atoms with Crippen LogP contribution >= 0.6 is 67.0 Å². The van der Waals surface area contributed by atoms with Crippen LogP contribution in [0.2, 0.25) is 5.02 Å². The molecule has 6 heteroatoms. The van der Waals surface area contributed by atoms with Crippen LogP contribution < -0.4 is 0 Å². The predicted octanol–water partition coefficient (Wildman–Crippen LogP) is 7.71. The van der Waals surface area contributed by atoms with Crippen LogP contribution in [0, 0.1) is 0 Å². The summed E-state index contributed by atoms with van der Waals surface area (Å²) in [5, 5.41) is 0.504. The van der Waals surface area contributed by atoms with Crippen molar-refractivity contribution in [2.45, 2.75) is 19.6 Å². The van der Waals surface area contributed by atoms with Gasteiger partial charge < -0.3 is 0 Å². The third-order valence-electron chi connectivity index (χ3n) is 3.74. The van der Waals surface area contributed by atoms with Gasteiger partial charge in [-0.25, -0.2) is 0 Å². The molecule has 25 heavy (non-hydrogen) atoms. The van der Waals surface area contributed by atoms with E-state index in [-0.39, 0.29) is 5.78 Å². The molecule has 0 N–H and O–H groups in total. The first-order valence-corrected chi connectivity index (χ1v) is 10.9. The van der Waals surface area contributed by atoms with Crippen LogP contribution in [0.5, 0.6) is 0 Å². The van der Waals surface area contributed by atoms with Crippen LogP contribution in [-0.2, 0) is 0 Å². The van der Waals surface area contributed by atoms with Gasteiger partial charge in [0.15, 0.2) is 5.78 Å². The Morgan fingerprint density at radius 3 is 2.40 bits per heavy atom. The van der Waals surface area contributed by atoms with Gasteiger partial charge in [-0.1, -0.05) is 81.4 Å². The molecular weight excluding hydrogens is 504 g/mol. The Hall–Kier alpha value is -0.720. The highest BCUT2D eigenvalue weighted by Crippen LogP contribution is 2.53. The maximum Gasteiger partial charge on any atom is 0.195 e. The first kappa shape index (κ1) is 17.7. The third kappa shape index (κ3) is 3.33. The maximum absolute atomic E-state index is 12.9. The Labute approximate surface area is 175 Å². The molecule has 0 aromatic heterocycles. The first-order chi connectivity index (χ1) is 12.0. The number of hydrogen-bond donors (Lipinski definition) is 0. The topological polar surface area (TPSA) is 17.1 Å². The molecule has 0 amide bonds. The van der Waals surface area contributed by atoms with Crippen LogP contribution in [0.4, 0.5) is 0 Å². The number of benzene rings is 3. The highest BCUT2D eigenvalue weighted by molar-refractivity contribution is 9.10. The van der Waals surface area contributed by atoms with Gasteiger partial charge in [0.2, 0.25) is 0 Å². The quantitative estimate of drug-likeness (QED) is 0.256. The summed E-state index contributed by atoms with van der Waals surface area (Å²) >= 11 is 17.0. The minimum Gasteiger partial charge on any atom is -0.289 e. The zero-order valence-corrected chi connectivity index (χ0v) is 18.1. The number of rotatable bonds is 2. The Balaban J connectivity index is 1.82. The van der Waals surface area contributed by atoms with Crippen molar-refractivity contribution in [2.24, 2.45) is 0 Å². The molecule has 0 fully saturated rings. The van der Waals surface area contributed by atoms with E-state index in [1.54, 1.807) is 35.7 Å². The van der Waals surface area contributed by atoms with Gasteiger partial charge in [0.25, 0.3) is 0 Å². The first-order valence-electron chi connectivity index (χ1n) is 7.31. The van der Waals surface area contributed by atoms with Crippen molar-refractivity contribution in [3.63, 3.8) is 0 Å². The van der Waals surface area contributed by atoms with Crippen molar-refractivity contribution in [3.05, 3.63) is 79.7 Å². The van der Waals surface area contributed by atoms with Crippen LogP contribution in [0.3, 0.4) is 0 Å². The SMILES string of the molecule is O=C(c1ccccc1)c1c(Br)cc2c(c1Cl)Sc1ccc(Br)cc1S2. The van der Waals surface area contributed by atoms with E-state index in [9.17, 15) is 4.79 Å². The lowest BCUT2D eigenvalue weighted by Gasteiger charge is -2.21. The Morgan fingerprint density at radius 1 is 0.880 bits per heavy atom. The molecule has 0 unspecified atom stereocenters. The molecule has 1 aliphatic rings. The number of halogens is 3. The molecule has 4 rings (SSSR count). The number of carbonyl (C=O) groups excluding carboxylic acids is 1. The van der Waals surface area contributed by atoms with E-state index < -0.39 is 0 Å². The Morgan fingerprint density at radius 2 is 1.64 bits per heavy atom. The Bertz CT molecular complexity index is 1010. The maximum atomic E-state index is 12.9. The molecule has 0 spiro atoms. The van der Waals surface area contributed by atoms with Gasteiger partial charge in [0, 0.05) is 34.1 Å². The van der Waals surface area contributed by atoms with E-state index in [1.165, 1.54) is 4.90 Å². The van der Waals surface area contributed by atoms with E-state index >= 15 is 0 Å². The molecule has 1 heterocycles. The number of ketones is 1. The average molecular weight is 513 g/mol. The van der Waals surface area contributed by atoms with Gasteiger partial charge >= 0.3 is 0 Å². The fourth-order valence-corrected chi connectivity index (χ4v) is 6.74. The van der Waals surface area contributed by atoms with E-state index in [2.05, 4.69) is 44.0 Å². The van der Waals surface area contributed by atoms with Crippen molar-refractivity contribution in [3.8, 4) is 0 Å². The van der Waals surface area contributed by atoms with Gasteiger partial charge in [-0.15, -0.1) is 0 Å². The lowest BCUT2D eigenvalue weighted by molar-refractivity contribution is 0.103. The molecule has 0 saturated heterocycles. The summed E-state index contributed by atoms with van der Waals surface area (Å²) < 4.78 is 1.76. The summed E-state index contributed by atoms with van der Waals surface area (Å²) in [7, 11) is 0. The molecular formula is C19H9Br2ClOS2. The Kier molecular flexibility index (Phi) is 5.04. The minimum absolute atomic E-state index is 0.0764. The van der Waals surface area contributed by atoms with Gasteiger partial charge in [-0.3, -0.25) is 4.79 Å². The summed E-state index contributed by atoms with van der Waals surface area (Å²) in [6.07, 6.45) is 0. The lowest BCUT2D eigenvalue weighted by Crippen LogP contribution is -2.05. The summed E-state index contributed by atoms with van der Waals surface area (Å²) in [6, 6.07) is 17.4. The second-order valence-corrected chi connectivity index (χ2v) is 9.65. The van der Waals surface area contributed by atoms with Crippen LogP contribution in [0.1, 0.15) is 15.9 Å². The second kappa shape index (κ2) is 7.12. The summed E-state index contributed by atoms with van der Waals surface area (Å²) in [5.41, 5.74) is 1.14. The van der Waals surface area contributed by atoms with E-state index in [1.807, 2.05) is 30.3 Å². The van der Waals surface area contributed by atoms with Crippen LogP contribution in [-0.4, -0.2) is 5.78 Å². The number of hydrogen-bond acceptors (Lipinski definition) is 3. The molecule has 0 radical (unpaired) electrons. The van der Waals surface area contributed by atoms with Crippen LogP contribution in [0.25, 0.3) is 0 Å². The average Bonchev–Trinajstić information content (AvgIpc) is 2.61. The predicted molar refractivity (Wildman–Crippen MR) is 111 cm³/mol. The largest absolute Gasteiger partial charge is 0.289 e. The van der Waals surface area contributed by atoms with Gasteiger partial charge in [-0.2, -0.15) is 0 Å². The zero-order valence-electron chi connectivity index (χ0n) is 12.6. The number of carbonyl (C=O) groups is 1. The second-order valence-electron chi connectivity index (χ2n) is 5.36. The van der Waals surface area contributed by atoms with Crippen molar-refractivity contribution in [1.82, 2.24) is 0 Å². The van der Waals surface area contributed by atoms with Gasteiger partial charge in [-0.05, 0) is 40.2 Å². The normalized spacial score (nSPS) is 12.4. The minimum atomic E-state index is -0.0764.